The van der Waals surface area contributed by atoms with E-state index < -0.39 is 11.9 Å². The third-order valence-corrected chi connectivity index (χ3v) is 6.18. The van der Waals surface area contributed by atoms with Crippen LogP contribution < -0.4 is 0 Å². The van der Waals surface area contributed by atoms with Crippen molar-refractivity contribution < 1.29 is 24.5 Å². The van der Waals surface area contributed by atoms with E-state index in [1.165, 1.54) is 13.2 Å². The molecule has 0 aromatic heterocycles. The normalized spacial score (nSPS) is 12.8. The number of esters is 1. The Kier molecular flexibility index (Phi) is 7.11. The van der Waals surface area contributed by atoms with Crippen LogP contribution in [0.25, 0.3) is 0 Å². The monoisotopic (exact) mass is 474 g/mol. The molecule has 0 bridgehead atoms. The zero-order valence-corrected chi connectivity index (χ0v) is 21.5. The van der Waals surface area contributed by atoms with Gasteiger partial charge in [-0.15, -0.1) is 0 Å². The lowest BCUT2D eigenvalue weighted by atomic mass is 9.75. The van der Waals surface area contributed by atoms with Crippen molar-refractivity contribution in [2.24, 2.45) is 0 Å². The minimum Gasteiger partial charge on any atom is -0.507 e. The largest absolute Gasteiger partial charge is 0.507 e. The van der Waals surface area contributed by atoms with Crippen molar-refractivity contribution in [3.05, 3.63) is 94.0 Å². The Morgan fingerprint density at radius 1 is 0.771 bits per heavy atom. The molecule has 0 aliphatic carbocycles. The minimum atomic E-state index is -0.766. The molecule has 5 heteroatoms. The lowest BCUT2D eigenvalue weighted by Crippen LogP contribution is -2.21. The number of para-hydroxylation sites is 1. The van der Waals surface area contributed by atoms with E-state index in [1.54, 1.807) is 42.5 Å². The number of rotatable bonds is 5. The SMILES string of the molecule is COC(=O)c1ccc(C(C(=O)c2ccccc2O)c2cc(C(C)(C)C)c(O)c(C(C)(C)C)c2)cc1. The van der Waals surface area contributed by atoms with Crippen LogP contribution in [0.4, 0.5) is 0 Å². The van der Waals surface area contributed by atoms with Crippen LogP contribution in [0, 0.1) is 0 Å². The summed E-state index contributed by atoms with van der Waals surface area (Å²) in [5.74, 6) is -1.38. The Morgan fingerprint density at radius 3 is 1.74 bits per heavy atom. The zero-order chi connectivity index (χ0) is 26.1. The molecule has 0 fully saturated rings. The first kappa shape index (κ1) is 26.0. The molecule has 0 spiro atoms. The molecular weight excluding hydrogens is 440 g/mol. The summed E-state index contributed by atoms with van der Waals surface area (Å²) >= 11 is 0. The fourth-order valence-electron chi connectivity index (χ4n) is 4.23. The van der Waals surface area contributed by atoms with Gasteiger partial charge in [0, 0.05) is 0 Å². The van der Waals surface area contributed by atoms with Crippen LogP contribution >= 0.6 is 0 Å². The second-order valence-corrected chi connectivity index (χ2v) is 10.9. The van der Waals surface area contributed by atoms with Gasteiger partial charge in [0.2, 0.25) is 0 Å². The van der Waals surface area contributed by atoms with Crippen molar-refractivity contribution in [1.82, 2.24) is 0 Å². The van der Waals surface area contributed by atoms with Crippen LogP contribution in [0.15, 0.2) is 60.7 Å². The number of phenolic OH excluding ortho intramolecular Hbond substituents is 2. The van der Waals surface area contributed by atoms with Gasteiger partial charge in [-0.1, -0.05) is 77.9 Å². The molecule has 2 N–H and O–H groups in total. The van der Waals surface area contributed by atoms with Gasteiger partial charge in [-0.2, -0.15) is 0 Å². The summed E-state index contributed by atoms with van der Waals surface area (Å²) in [5, 5.41) is 21.6. The molecule has 1 unspecified atom stereocenters. The Labute approximate surface area is 207 Å². The number of aromatic hydroxyl groups is 2. The number of benzene rings is 3. The summed E-state index contributed by atoms with van der Waals surface area (Å²) in [4.78, 5) is 25.9. The zero-order valence-electron chi connectivity index (χ0n) is 21.5. The van der Waals surface area contributed by atoms with Gasteiger partial charge in [-0.25, -0.2) is 4.79 Å². The van der Waals surface area contributed by atoms with Gasteiger partial charge < -0.3 is 14.9 Å². The first-order valence-electron chi connectivity index (χ1n) is 11.6. The first-order chi connectivity index (χ1) is 16.3. The lowest BCUT2D eigenvalue weighted by Gasteiger charge is -2.30. The minimum absolute atomic E-state index is 0.0976. The summed E-state index contributed by atoms with van der Waals surface area (Å²) < 4.78 is 4.81. The fraction of sp³-hybridized carbons (Fsp3) is 0.333. The molecule has 0 saturated heterocycles. The number of hydrogen-bond acceptors (Lipinski definition) is 5. The van der Waals surface area contributed by atoms with Crippen LogP contribution in [-0.4, -0.2) is 29.1 Å². The number of ether oxygens (including phenoxy) is 1. The van der Waals surface area contributed by atoms with Gasteiger partial charge in [-0.05, 0) is 57.3 Å². The second-order valence-electron chi connectivity index (χ2n) is 10.9. The Morgan fingerprint density at radius 2 is 1.29 bits per heavy atom. The lowest BCUT2D eigenvalue weighted by molar-refractivity contribution is 0.0600. The third kappa shape index (κ3) is 5.40. The molecule has 3 aromatic rings. The maximum absolute atomic E-state index is 13.9. The number of ketones is 1. The molecule has 0 aliphatic rings. The summed E-state index contributed by atoms with van der Waals surface area (Å²) in [6.07, 6.45) is 0. The molecule has 35 heavy (non-hydrogen) atoms. The molecular formula is C30H34O5. The van der Waals surface area contributed by atoms with Gasteiger partial charge >= 0.3 is 5.97 Å². The van der Waals surface area contributed by atoms with E-state index in [1.807, 2.05) is 53.7 Å². The van der Waals surface area contributed by atoms with Crippen LogP contribution in [0.2, 0.25) is 0 Å². The molecule has 0 amide bonds. The standard InChI is InChI=1S/C30H34O5/c1-29(2,3)22-16-20(17-23(27(22)33)30(4,5)6)25(26(32)21-10-8-9-11-24(21)31)18-12-14-19(15-13-18)28(34)35-7/h8-17,25,31,33H,1-7H3. The summed E-state index contributed by atoms with van der Waals surface area (Å²) in [7, 11) is 1.32. The highest BCUT2D eigenvalue weighted by Crippen LogP contribution is 2.43. The molecule has 184 valence electrons. The highest BCUT2D eigenvalue weighted by atomic mass is 16.5. The van der Waals surface area contributed by atoms with Crippen molar-refractivity contribution in [3.63, 3.8) is 0 Å². The van der Waals surface area contributed by atoms with Crippen molar-refractivity contribution >= 4 is 11.8 Å². The van der Waals surface area contributed by atoms with Crippen LogP contribution in [0.5, 0.6) is 11.5 Å². The predicted octanol–water partition coefficient (Wildman–Crippen LogP) is 6.49. The maximum Gasteiger partial charge on any atom is 0.337 e. The molecule has 0 aliphatic heterocycles. The fourth-order valence-corrected chi connectivity index (χ4v) is 4.23. The van der Waals surface area contributed by atoms with E-state index in [0.29, 0.717) is 16.7 Å². The van der Waals surface area contributed by atoms with E-state index >= 15 is 0 Å². The molecule has 3 aromatic carbocycles. The van der Waals surface area contributed by atoms with Gasteiger partial charge in [0.15, 0.2) is 5.78 Å². The first-order valence-corrected chi connectivity index (χ1v) is 11.6. The molecule has 5 nitrogen and oxygen atoms in total. The highest BCUT2D eigenvalue weighted by molar-refractivity contribution is 6.05. The molecule has 1 atom stereocenters. The number of Topliss-reactive ketones (excluding diaryl/α,β-unsaturated/α-hetero) is 1. The van der Waals surface area contributed by atoms with Gasteiger partial charge in [0.05, 0.1) is 24.2 Å². The average molecular weight is 475 g/mol. The van der Waals surface area contributed by atoms with Gasteiger partial charge in [0.1, 0.15) is 11.5 Å². The quantitative estimate of drug-likeness (QED) is 0.326. The second kappa shape index (κ2) is 9.57. The number of hydrogen-bond donors (Lipinski definition) is 2. The average Bonchev–Trinajstić information content (AvgIpc) is 2.78. The van der Waals surface area contributed by atoms with Crippen LogP contribution in [-0.2, 0) is 15.6 Å². The summed E-state index contributed by atoms with van der Waals surface area (Å²) in [5.41, 5.74) is 2.67. The van der Waals surface area contributed by atoms with Crippen molar-refractivity contribution in [1.29, 1.82) is 0 Å². The Balaban J connectivity index is 2.31. The number of phenols is 2. The third-order valence-electron chi connectivity index (χ3n) is 6.18. The van der Waals surface area contributed by atoms with Gasteiger partial charge in [-0.3, -0.25) is 4.79 Å². The Hall–Kier alpha value is -3.60. The van der Waals surface area contributed by atoms with E-state index in [4.69, 9.17) is 4.74 Å². The molecule has 0 radical (unpaired) electrons. The van der Waals surface area contributed by atoms with E-state index in [-0.39, 0.29) is 33.7 Å². The van der Waals surface area contributed by atoms with Gasteiger partial charge in [0.25, 0.3) is 0 Å². The number of methoxy groups -OCH3 is 1. The van der Waals surface area contributed by atoms with Crippen molar-refractivity contribution in [2.75, 3.05) is 7.11 Å². The number of carbonyl (C=O) groups excluding carboxylic acids is 2. The van der Waals surface area contributed by atoms with E-state index in [0.717, 1.165) is 11.1 Å². The molecule has 3 rings (SSSR count). The van der Waals surface area contributed by atoms with Crippen LogP contribution in [0.3, 0.4) is 0 Å². The topological polar surface area (TPSA) is 83.8 Å². The van der Waals surface area contributed by atoms with Crippen molar-refractivity contribution in [3.8, 4) is 11.5 Å². The van der Waals surface area contributed by atoms with Crippen LogP contribution in [0.1, 0.15) is 90.4 Å². The smallest absolute Gasteiger partial charge is 0.337 e. The molecule has 0 heterocycles. The number of carbonyl (C=O) groups is 2. The van der Waals surface area contributed by atoms with Crippen molar-refractivity contribution in [2.45, 2.75) is 58.3 Å². The highest BCUT2D eigenvalue weighted by Gasteiger charge is 2.32. The van der Waals surface area contributed by atoms with E-state index in [9.17, 15) is 19.8 Å². The summed E-state index contributed by atoms with van der Waals surface area (Å²) in [6, 6.07) is 16.9. The maximum atomic E-state index is 13.9. The Bertz CT molecular complexity index is 1210. The summed E-state index contributed by atoms with van der Waals surface area (Å²) in [6.45, 7) is 12.1. The molecule has 0 saturated carbocycles. The van der Waals surface area contributed by atoms with E-state index in [2.05, 4.69) is 0 Å². The predicted molar refractivity (Wildman–Crippen MR) is 138 cm³/mol.